The smallest absolute Gasteiger partial charge is 0.176 e. The van der Waals surface area contributed by atoms with Gasteiger partial charge in [-0.3, -0.25) is 9.00 Å². The lowest BCUT2D eigenvalue weighted by molar-refractivity contribution is 0.102. The minimum atomic E-state index is -1.07. The van der Waals surface area contributed by atoms with E-state index in [1.807, 2.05) is 6.92 Å². The Morgan fingerprint density at radius 3 is 2.67 bits per heavy atom. The van der Waals surface area contributed by atoms with Crippen molar-refractivity contribution in [1.29, 1.82) is 0 Å². The lowest BCUT2D eigenvalue weighted by Crippen LogP contribution is -2.13. The summed E-state index contributed by atoms with van der Waals surface area (Å²) < 4.78 is 11.4. The highest BCUT2D eigenvalue weighted by Gasteiger charge is 2.12. The lowest BCUT2D eigenvalue weighted by Gasteiger charge is -2.02. The highest BCUT2D eigenvalue weighted by Crippen LogP contribution is 2.15. The predicted octanol–water partition coefficient (Wildman–Crippen LogP) is 2.68. The van der Waals surface area contributed by atoms with E-state index in [0.29, 0.717) is 16.3 Å². The number of halogens is 1. The fraction of sp³-hybridized carbons (Fsp3) is 0.364. The summed E-state index contributed by atoms with van der Waals surface area (Å²) in [7, 11) is -1.07. The Kier molecular flexibility index (Phi) is 4.99. The molecule has 0 saturated heterocycles. The fourth-order valence-corrected chi connectivity index (χ4v) is 2.50. The third kappa shape index (κ3) is 3.76. The Balaban J connectivity index is 2.70. The summed E-state index contributed by atoms with van der Waals surface area (Å²) >= 11 is 5.86. The maximum absolute atomic E-state index is 11.7. The van der Waals surface area contributed by atoms with Crippen molar-refractivity contribution in [3.63, 3.8) is 0 Å². The van der Waals surface area contributed by atoms with Gasteiger partial charge in [-0.2, -0.15) is 0 Å². The van der Waals surface area contributed by atoms with Crippen molar-refractivity contribution in [1.82, 2.24) is 0 Å². The molecule has 0 spiro atoms. The molecule has 0 fully saturated rings. The summed E-state index contributed by atoms with van der Waals surface area (Å²) in [6.07, 6.45) is 0.822. The molecule has 1 atom stereocenters. The minimum Gasteiger partial charge on any atom is -0.293 e. The molecule has 0 radical (unpaired) electrons. The predicted molar refractivity (Wildman–Crippen MR) is 63.9 cm³/mol. The zero-order valence-electron chi connectivity index (χ0n) is 8.53. The molecule has 0 aliphatic carbocycles. The van der Waals surface area contributed by atoms with Gasteiger partial charge in [0, 0.05) is 22.1 Å². The first-order valence-electron chi connectivity index (χ1n) is 4.78. The molecule has 0 bridgehead atoms. The molecule has 4 heteroatoms. The van der Waals surface area contributed by atoms with Crippen molar-refractivity contribution in [3.05, 3.63) is 34.9 Å². The van der Waals surface area contributed by atoms with Gasteiger partial charge in [-0.15, -0.1) is 0 Å². The minimum absolute atomic E-state index is 0.0670. The van der Waals surface area contributed by atoms with Crippen molar-refractivity contribution in [3.8, 4) is 0 Å². The Labute approximate surface area is 97.1 Å². The average Bonchev–Trinajstić information content (AvgIpc) is 2.18. The highest BCUT2D eigenvalue weighted by molar-refractivity contribution is 7.85. The summed E-state index contributed by atoms with van der Waals surface area (Å²) in [5.74, 6) is 0.487. The van der Waals surface area contributed by atoms with Gasteiger partial charge in [0.05, 0.1) is 10.8 Å². The van der Waals surface area contributed by atoms with Gasteiger partial charge in [-0.05, 0) is 18.6 Å². The van der Waals surface area contributed by atoms with E-state index < -0.39 is 10.8 Å². The Morgan fingerprint density at radius 2 is 2.07 bits per heavy atom. The summed E-state index contributed by atoms with van der Waals surface area (Å²) in [5, 5.41) is 0.427. The van der Waals surface area contributed by atoms with E-state index in [1.54, 1.807) is 24.3 Å². The van der Waals surface area contributed by atoms with Crippen molar-refractivity contribution in [2.24, 2.45) is 0 Å². The molecule has 0 aliphatic rings. The molecule has 0 aromatic heterocycles. The van der Waals surface area contributed by atoms with E-state index >= 15 is 0 Å². The molecule has 1 aromatic carbocycles. The van der Waals surface area contributed by atoms with Crippen LogP contribution in [0, 0.1) is 0 Å². The van der Waals surface area contributed by atoms with Gasteiger partial charge >= 0.3 is 0 Å². The second kappa shape index (κ2) is 6.03. The number of carbonyl (C=O) groups excluding carboxylic acids is 1. The first-order valence-corrected chi connectivity index (χ1v) is 6.64. The zero-order valence-corrected chi connectivity index (χ0v) is 10.1. The average molecular weight is 245 g/mol. The normalized spacial score (nSPS) is 12.4. The Bertz CT molecular complexity index is 377. The van der Waals surface area contributed by atoms with E-state index in [9.17, 15) is 9.00 Å². The monoisotopic (exact) mass is 244 g/mol. The van der Waals surface area contributed by atoms with Crippen LogP contribution < -0.4 is 0 Å². The number of Topliss-reactive ketones (excluding diaryl/α,β-unsaturated/α-hetero) is 1. The molecule has 0 saturated carbocycles. The molecule has 0 heterocycles. The molecule has 1 rings (SSSR count). The van der Waals surface area contributed by atoms with Gasteiger partial charge in [-0.1, -0.05) is 30.7 Å². The summed E-state index contributed by atoms with van der Waals surface area (Å²) in [5.41, 5.74) is 0.462. The molecule has 0 aliphatic heterocycles. The number of carbonyl (C=O) groups is 1. The lowest BCUT2D eigenvalue weighted by atomic mass is 10.1. The van der Waals surface area contributed by atoms with Crippen LogP contribution in [-0.2, 0) is 10.8 Å². The first-order chi connectivity index (χ1) is 7.15. The first kappa shape index (κ1) is 12.4. The summed E-state index contributed by atoms with van der Waals surface area (Å²) in [4.78, 5) is 11.7. The van der Waals surface area contributed by atoms with Crippen LogP contribution in [0.15, 0.2) is 24.3 Å². The van der Waals surface area contributed by atoms with Crippen LogP contribution in [0.5, 0.6) is 0 Å². The summed E-state index contributed by atoms with van der Waals surface area (Å²) in [6.45, 7) is 1.94. The topological polar surface area (TPSA) is 34.1 Å². The van der Waals surface area contributed by atoms with E-state index in [1.165, 1.54) is 0 Å². The van der Waals surface area contributed by atoms with Gasteiger partial charge in [0.1, 0.15) is 0 Å². The third-order valence-electron chi connectivity index (χ3n) is 1.90. The van der Waals surface area contributed by atoms with Crippen molar-refractivity contribution < 1.29 is 9.00 Å². The van der Waals surface area contributed by atoms with Crippen LogP contribution in [0.2, 0.25) is 5.02 Å². The molecule has 82 valence electrons. The van der Waals surface area contributed by atoms with E-state index in [0.717, 1.165) is 6.42 Å². The number of hydrogen-bond donors (Lipinski definition) is 0. The molecule has 15 heavy (non-hydrogen) atoms. The third-order valence-corrected chi connectivity index (χ3v) is 3.68. The molecular formula is C11H13ClO2S. The second-order valence-electron chi connectivity index (χ2n) is 3.19. The van der Waals surface area contributed by atoms with E-state index in [2.05, 4.69) is 0 Å². The molecule has 0 N–H and O–H groups in total. The zero-order chi connectivity index (χ0) is 11.3. The number of ketones is 1. The maximum atomic E-state index is 11.7. The van der Waals surface area contributed by atoms with E-state index in [-0.39, 0.29) is 11.5 Å². The van der Waals surface area contributed by atoms with Crippen LogP contribution in [0.25, 0.3) is 0 Å². The van der Waals surface area contributed by atoms with Gasteiger partial charge < -0.3 is 0 Å². The number of hydrogen-bond acceptors (Lipinski definition) is 2. The second-order valence-corrected chi connectivity index (χ2v) is 5.18. The van der Waals surface area contributed by atoms with Gasteiger partial charge in [0.2, 0.25) is 0 Å². The van der Waals surface area contributed by atoms with Crippen molar-refractivity contribution >= 4 is 28.2 Å². The summed E-state index contributed by atoms with van der Waals surface area (Å²) in [6, 6.07) is 6.84. The van der Waals surface area contributed by atoms with Crippen LogP contribution in [0.3, 0.4) is 0 Å². The number of benzene rings is 1. The van der Waals surface area contributed by atoms with Crippen LogP contribution in [-0.4, -0.2) is 21.5 Å². The quantitative estimate of drug-likeness (QED) is 0.747. The number of rotatable bonds is 5. The van der Waals surface area contributed by atoms with Crippen molar-refractivity contribution in [2.75, 3.05) is 11.5 Å². The fourth-order valence-electron chi connectivity index (χ4n) is 1.21. The molecule has 2 nitrogen and oxygen atoms in total. The Morgan fingerprint density at radius 1 is 1.40 bits per heavy atom. The maximum Gasteiger partial charge on any atom is 0.176 e. The molecular weight excluding hydrogens is 232 g/mol. The molecule has 0 amide bonds. The Hall–Kier alpha value is -0.670. The standard InChI is InChI=1S/C11H13ClO2S/c1-2-7-15(14)8-11(13)9-5-3-4-6-10(9)12/h3-6H,2,7-8H2,1H3. The largest absolute Gasteiger partial charge is 0.293 e. The van der Waals surface area contributed by atoms with Gasteiger partial charge in [0.15, 0.2) is 5.78 Å². The molecule has 1 unspecified atom stereocenters. The SMILES string of the molecule is CCCS(=O)CC(=O)c1ccccc1Cl. The van der Waals surface area contributed by atoms with Gasteiger partial charge in [0.25, 0.3) is 0 Å². The molecule has 1 aromatic rings. The van der Waals surface area contributed by atoms with Crippen LogP contribution in [0.4, 0.5) is 0 Å². The van der Waals surface area contributed by atoms with E-state index in [4.69, 9.17) is 11.6 Å². The van der Waals surface area contributed by atoms with Crippen molar-refractivity contribution in [2.45, 2.75) is 13.3 Å². The van der Waals surface area contributed by atoms with Crippen LogP contribution in [0.1, 0.15) is 23.7 Å². The highest BCUT2D eigenvalue weighted by atomic mass is 35.5. The van der Waals surface area contributed by atoms with Gasteiger partial charge in [-0.25, -0.2) is 0 Å². The van der Waals surface area contributed by atoms with Crippen LogP contribution >= 0.6 is 11.6 Å².